The van der Waals surface area contributed by atoms with Crippen LogP contribution < -0.4 is 14.4 Å². The van der Waals surface area contributed by atoms with Gasteiger partial charge in [-0.05, 0) is 44.2 Å². The lowest BCUT2D eigenvalue weighted by Crippen LogP contribution is -2.27. The second kappa shape index (κ2) is 8.38. The van der Waals surface area contributed by atoms with E-state index in [0.29, 0.717) is 28.2 Å². The maximum atomic E-state index is 12.8. The molecule has 3 rings (SSSR count). The van der Waals surface area contributed by atoms with E-state index < -0.39 is 0 Å². The number of thioether (sulfide) groups is 1. The number of amides is 1. The topological polar surface area (TPSA) is 38.8 Å². The van der Waals surface area contributed by atoms with Crippen LogP contribution in [-0.4, -0.2) is 23.4 Å². The first-order valence-electron chi connectivity index (χ1n) is 8.36. The molecule has 2 aromatic carbocycles. The Hall–Kier alpha value is -2.31. The molecule has 1 aliphatic rings. The van der Waals surface area contributed by atoms with Crippen LogP contribution in [0, 0.1) is 0 Å². The molecule has 0 radical (unpaired) electrons. The number of anilines is 1. The number of nitrogens with zero attached hydrogens (tertiary/aromatic N) is 1. The van der Waals surface area contributed by atoms with Crippen molar-refractivity contribution < 1.29 is 14.3 Å². The number of hydrogen-bond acceptors (Lipinski definition) is 5. The van der Waals surface area contributed by atoms with Crippen molar-refractivity contribution in [3.05, 3.63) is 59.0 Å². The van der Waals surface area contributed by atoms with Crippen LogP contribution in [0.1, 0.15) is 19.4 Å². The van der Waals surface area contributed by atoms with E-state index in [9.17, 15) is 4.79 Å². The summed E-state index contributed by atoms with van der Waals surface area (Å²) in [6, 6.07) is 15.0. The molecule has 6 heteroatoms. The number of ether oxygens (including phenoxy) is 2. The number of carbonyl (C=O) groups is 1. The van der Waals surface area contributed by atoms with Gasteiger partial charge in [-0.25, -0.2) is 0 Å². The lowest BCUT2D eigenvalue weighted by atomic mass is 10.1. The average molecular weight is 386 g/mol. The molecule has 2 aromatic rings. The average Bonchev–Trinajstić information content (AvgIpc) is 2.92. The summed E-state index contributed by atoms with van der Waals surface area (Å²) in [5, 5.41) is 0. The van der Waals surface area contributed by atoms with Crippen molar-refractivity contribution in [2.24, 2.45) is 0 Å². The van der Waals surface area contributed by atoms with Gasteiger partial charge in [0.15, 0.2) is 4.32 Å². The van der Waals surface area contributed by atoms with Crippen molar-refractivity contribution in [3.63, 3.8) is 0 Å². The van der Waals surface area contributed by atoms with Crippen molar-refractivity contribution in [2.75, 3.05) is 18.1 Å². The third-order valence-corrected chi connectivity index (χ3v) is 4.99. The molecule has 0 atom stereocenters. The normalized spacial score (nSPS) is 15.6. The Kier molecular flexibility index (Phi) is 5.96. The SMILES string of the molecule is CCOc1ccc(/C=C2\SC(=S)N(c3ccccc3)C2=O)c(OCC)c1. The maximum Gasteiger partial charge on any atom is 0.270 e. The fraction of sp³-hybridized carbons (Fsp3) is 0.200. The van der Waals surface area contributed by atoms with E-state index in [-0.39, 0.29) is 5.91 Å². The van der Waals surface area contributed by atoms with Crippen LogP contribution in [0.2, 0.25) is 0 Å². The third kappa shape index (κ3) is 3.92. The summed E-state index contributed by atoms with van der Waals surface area (Å²) < 4.78 is 11.8. The summed E-state index contributed by atoms with van der Waals surface area (Å²) in [6.07, 6.45) is 1.82. The van der Waals surface area contributed by atoms with E-state index in [1.54, 1.807) is 4.90 Å². The van der Waals surface area contributed by atoms with Gasteiger partial charge in [-0.3, -0.25) is 9.69 Å². The Morgan fingerprint density at radius 2 is 1.81 bits per heavy atom. The van der Waals surface area contributed by atoms with E-state index in [2.05, 4.69) is 0 Å². The quantitative estimate of drug-likeness (QED) is 0.523. The predicted octanol–water partition coefficient (Wildman–Crippen LogP) is 4.89. The molecule has 1 fully saturated rings. The number of hydrogen-bond donors (Lipinski definition) is 0. The van der Waals surface area contributed by atoms with Crippen LogP contribution >= 0.6 is 24.0 Å². The molecule has 134 valence electrons. The molecule has 1 aliphatic heterocycles. The van der Waals surface area contributed by atoms with Gasteiger partial charge in [-0.1, -0.05) is 42.2 Å². The van der Waals surface area contributed by atoms with Gasteiger partial charge in [0.2, 0.25) is 0 Å². The predicted molar refractivity (Wildman–Crippen MR) is 111 cm³/mol. The van der Waals surface area contributed by atoms with Crippen molar-refractivity contribution >= 4 is 46.0 Å². The Morgan fingerprint density at radius 3 is 2.50 bits per heavy atom. The Morgan fingerprint density at radius 1 is 1.08 bits per heavy atom. The van der Waals surface area contributed by atoms with E-state index in [0.717, 1.165) is 17.0 Å². The van der Waals surface area contributed by atoms with E-state index in [1.165, 1.54) is 11.8 Å². The van der Waals surface area contributed by atoms with Crippen LogP contribution in [0.25, 0.3) is 6.08 Å². The highest BCUT2D eigenvalue weighted by molar-refractivity contribution is 8.27. The summed E-state index contributed by atoms with van der Waals surface area (Å²) in [5.74, 6) is 1.30. The zero-order chi connectivity index (χ0) is 18.5. The zero-order valence-electron chi connectivity index (χ0n) is 14.6. The van der Waals surface area contributed by atoms with Gasteiger partial charge in [-0.2, -0.15) is 0 Å². The van der Waals surface area contributed by atoms with E-state index in [4.69, 9.17) is 21.7 Å². The Balaban J connectivity index is 1.93. The molecule has 0 N–H and O–H groups in total. The highest BCUT2D eigenvalue weighted by atomic mass is 32.2. The van der Waals surface area contributed by atoms with Crippen LogP contribution in [-0.2, 0) is 4.79 Å². The molecule has 0 unspecified atom stereocenters. The van der Waals surface area contributed by atoms with Crippen molar-refractivity contribution in [1.29, 1.82) is 0 Å². The molecule has 1 heterocycles. The van der Waals surface area contributed by atoms with Crippen molar-refractivity contribution in [3.8, 4) is 11.5 Å². The Labute approximate surface area is 162 Å². The zero-order valence-corrected chi connectivity index (χ0v) is 16.2. The van der Waals surface area contributed by atoms with E-state index >= 15 is 0 Å². The highest BCUT2D eigenvalue weighted by Gasteiger charge is 2.33. The van der Waals surface area contributed by atoms with Crippen molar-refractivity contribution in [2.45, 2.75) is 13.8 Å². The van der Waals surface area contributed by atoms with Gasteiger partial charge in [0.25, 0.3) is 5.91 Å². The van der Waals surface area contributed by atoms with Crippen LogP contribution in [0.3, 0.4) is 0 Å². The summed E-state index contributed by atoms with van der Waals surface area (Å²) in [5.41, 5.74) is 1.60. The number of rotatable bonds is 6. The monoisotopic (exact) mass is 385 g/mol. The number of thiocarbonyl (C=S) groups is 1. The number of carbonyl (C=O) groups excluding carboxylic acids is 1. The van der Waals surface area contributed by atoms with Crippen molar-refractivity contribution in [1.82, 2.24) is 0 Å². The molecule has 0 bridgehead atoms. The summed E-state index contributed by atoms with van der Waals surface area (Å²) in [6.45, 7) is 4.97. The minimum atomic E-state index is -0.123. The van der Waals surface area contributed by atoms with Crippen LogP contribution in [0.5, 0.6) is 11.5 Å². The molecule has 0 aromatic heterocycles. The Bertz CT molecular complexity index is 849. The highest BCUT2D eigenvalue weighted by Crippen LogP contribution is 2.37. The summed E-state index contributed by atoms with van der Waals surface area (Å²) in [4.78, 5) is 15.0. The number of para-hydroxylation sites is 1. The minimum absolute atomic E-state index is 0.123. The van der Waals surface area contributed by atoms with Gasteiger partial charge in [0.05, 0.1) is 23.8 Å². The van der Waals surface area contributed by atoms with E-state index in [1.807, 2.05) is 68.5 Å². The van der Waals surface area contributed by atoms with Gasteiger partial charge < -0.3 is 9.47 Å². The molecule has 4 nitrogen and oxygen atoms in total. The molecule has 1 saturated heterocycles. The first-order chi connectivity index (χ1) is 12.6. The van der Waals surface area contributed by atoms with Gasteiger partial charge in [-0.15, -0.1) is 0 Å². The summed E-state index contributed by atoms with van der Waals surface area (Å²) >= 11 is 6.70. The smallest absolute Gasteiger partial charge is 0.270 e. The molecular formula is C20H19NO3S2. The summed E-state index contributed by atoms with van der Waals surface area (Å²) in [7, 11) is 0. The van der Waals surface area contributed by atoms with Crippen LogP contribution in [0.4, 0.5) is 5.69 Å². The van der Waals surface area contributed by atoms with Crippen LogP contribution in [0.15, 0.2) is 53.4 Å². The molecule has 26 heavy (non-hydrogen) atoms. The van der Waals surface area contributed by atoms with Gasteiger partial charge in [0.1, 0.15) is 11.5 Å². The molecular weight excluding hydrogens is 366 g/mol. The lowest BCUT2D eigenvalue weighted by molar-refractivity contribution is -0.113. The van der Waals surface area contributed by atoms with Gasteiger partial charge >= 0.3 is 0 Å². The number of benzene rings is 2. The third-order valence-electron chi connectivity index (χ3n) is 3.69. The molecule has 0 saturated carbocycles. The molecule has 0 spiro atoms. The molecule has 1 amide bonds. The second-order valence-electron chi connectivity index (χ2n) is 5.42. The standard InChI is InChI=1S/C20H19NO3S2/c1-3-23-16-11-10-14(17(13-16)24-4-2)12-18-19(22)21(20(25)26-18)15-8-6-5-7-9-15/h5-13H,3-4H2,1-2H3/b18-12-. The largest absolute Gasteiger partial charge is 0.494 e. The lowest BCUT2D eigenvalue weighted by Gasteiger charge is -2.14. The minimum Gasteiger partial charge on any atom is -0.494 e. The second-order valence-corrected chi connectivity index (χ2v) is 7.09. The fourth-order valence-corrected chi connectivity index (χ4v) is 3.87. The molecule has 0 aliphatic carbocycles. The van der Waals surface area contributed by atoms with Gasteiger partial charge in [0, 0.05) is 11.6 Å². The maximum absolute atomic E-state index is 12.8. The first kappa shape index (κ1) is 18.5. The fourth-order valence-electron chi connectivity index (χ4n) is 2.58. The first-order valence-corrected chi connectivity index (χ1v) is 9.59.